The molecule has 1 aromatic rings. The lowest BCUT2D eigenvalue weighted by molar-refractivity contribution is -0.700. The number of carbonyl (C=O) groups is 1. The summed E-state index contributed by atoms with van der Waals surface area (Å²) in [5.74, 6) is -0.267. The number of aryl methyl sites for hydroxylation is 1. The van der Waals surface area contributed by atoms with Crippen molar-refractivity contribution in [3.05, 3.63) is 36.9 Å². The summed E-state index contributed by atoms with van der Waals surface area (Å²) in [7, 11) is 0. The fourth-order valence-electron chi connectivity index (χ4n) is 2.59. The highest BCUT2D eigenvalue weighted by Gasteiger charge is 2.01. The minimum absolute atomic E-state index is 0. The molecular formula is C20H33BrN2O2. The molecule has 1 aromatic heterocycles. The van der Waals surface area contributed by atoms with E-state index in [1.807, 2.05) is 18.6 Å². The molecule has 0 N–H and O–H groups in total. The van der Waals surface area contributed by atoms with Crippen LogP contribution in [0.2, 0.25) is 0 Å². The summed E-state index contributed by atoms with van der Waals surface area (Å²) in [5, 5.41) is 0. The van der Waals surface area contributed by atoms with E-state index in [1.54, 1.807) is 6.92 Å². The van der Waals surface area contributed by atoms with Gasteiger partial charge in [0, 0.05) is 11.6 Å². The molecule has 0 aliphatic carbocycles. The van der Waals surface area contributed by atoms with Crippen molar-refractivity contribution in [3.63, 3.8) is 0 Å². The van der Waals surface area contributed by atoms with Crippen LogP contribution in [-0.4, -0.2) is 17.6 Å². The predicted octanol–water partition coefficient (Wildman–Crippen LogP) is 1.39. The van der Waals surface area contributed by atoms with Gasteiger partial charge in [0.2, 0.25) is 0 Å². The van der Waals surface area contributed by atoms with Crippen molar-refractivity contribution < 1.29 is 31.1 Å². The van der Waals surface area contributed by atoms with E-state index >= 15 is 0 Å². The minimum Gasteiger partial charge on any atom is -1.00 e. The van der Waals surface area contributed by atoms with Crippen molar-refractivity contribution in [3.8, 4) is 0 Å². The Hall–Kier alpha value is -1.23. The van der Waals surface area contributed by atoms with Crippen molar-refractivity contribution >= 4 is 5.97 Å². The number of nitrogens with zero attached hydrogens (tertiary/aromatic N) is 2. The van der Waals surface area contributed by atoms with Gasteiger partial charge in [-0.3, -0.25) is 0 Å². The summed E-state index contributed by atoms with van der Waals surface area (Å²) in [4.78, 5) is 15.3. The van der Waals surface area contributed by atoms with Gasteiger partial charge >= 0.3 is 5.97 Å². The Labute approximate surface area is 163 Å². The Bertz CT molecular complexity index is 466. The van der Waals surface area contributed by atoms with Crippen LogP contribution < -0.4 is 21.5 Å². The Morgan fingerprint density at radius 3 is 2.08 bits per heavy atom. The topological polar surface area (TPSA) is 43.1 Å². The average molecular weight is 413 g/mol. The standard InChI is InChI=1S/C20H33N2O2.BrH/c1-19(2)20(23)24-17-12-10-8-6-4-3-5-7-9-11-15-22-16-13-14-21-18-22;/h13-14,16,18H,1,3-12,15,17H2,2H3;1H/q+1;/p-1. The van der Waals surface area contributed by atoms with Crippen molar-refractivity contribution in [1.82, 2.24) is 4.98 Å². The third-order valence-electron chi connectivity index (χ3n) is 4.06. The van der Waals surface area contributed by atoms with Crippen LogP contribution in [0.3, 0.4) is 0 Å². The molecular weight excluding hydrogens is 380 g/mol. The SMILES string of the molecule is C=C(C)C(=O)OCCCCCCCCCCCC[n+]1cccnc1.[Br-]. The van der Waals surface area contributed by atoms with E-state index in [4.69, 9.17) is 4.74 Å². The number of rotatable bonds is 14. The second-order valence-corrected chi connectivity index (χ2v) is 6.44. The number of aromatic nitrogens is 2. The first-order valence-electron chi connectivity index (χ1n) is 9.32. The van der Waals surface area contributed by atoms with Crippen LogP contribution >= 0.6 is 0 Å². The van der Waals surface area contributed by atoms with Gasteiger partial charge in [0.15, 0.2) is 0 Å². The van der Waals surface area contributed by atoms with E-state index in [0.29, 0.717) is 12.2 Å². The van der Waals surface area contributed by atoms with Crippen molar-refractivity contribution in [2.75, 3.05) is 6.61 Å². The molecule has 4 nitrogen and oxygen atoms in total. The molecule has 0 atom stereocenters. The van der Waals surface area contributed by atoms with E-state index in [1.165, 1.54) is 51.4 Å². The summed E-state index contributed by atoms with van der Waals surface area (Å²) in [6.45, 7) is 6.85. The summed E-state index contributed by atoms with van der Waals surface area (Å²) < 4.78 is 7.22. The zero-order valence-corrected chi connectivity index (χ0v) is 17.2. The molecule has 0 bridgehead atoms. The molecule has 0 amide bonds. The Morgan fingerprint density at radius 1 is 1.00 bits per heavy atom. The second-order valence-electron chi connectivity index (χ2n) is 6.44. The van der Waals surface area contributed by atoms with Crippen LogP contribution in [0.4, 0.5) is 0 Å². The summed E-state index contributed by atoms with van der Waals surface area (Å²) in [6.07, 6.45) is 18.3. The van der Waals surface area contributed by atoms with Crippen molar-refractivity contribution in [1.29, 1.82) is 0 Å². The molecule has 25 heavy (non-hydrogen) atoms. The molecule has 0 aliphatic heterocycles. The lowest BCUT2D eigenvalue weighted by Gasteiger charge is -2.04. The number of hydrogen-bond acceptors (Lipinski definition) is 3. The minimum atomic E-state index is -0.267. The van der Waals surface area contributed by atoms with Gasteiger partial charge in [-0.05, 0) is 26.2 Å². The molecule has 0 unspecified atom stereocenters. The van der Waals surface area contributed by atoms with Gasteiger partial charge in [-0.25, -0.2) is 9.36 Å². The molecule has 1 heterocycles. The van der Waals surface area contributed by atoms with Crippen LogP contribution in [0.15, 0.2) is 36.9 Å². The lowest BCUT2D eigenvalue weighted by Crippen LogP contribution is -3.00. The number of esters is 1. The smallest absolute Gasteiger partial charge is 0.333 e. The van der Waals surface area contributed by atoms with Crippen molar-refractivity contribution in [2.24, 2.45) is 0 Å². The van der Waals surface area contributed by atoms with Gasteiger partial charge in [0.05, 0.1) is 19.3 Å². The Balaban J connectivity index is 0.00000576. The van der Waals surface area contributed by atoms with E-state index in [0.717, 1.165) is 19.4 Å². The Kier molecular flexibility index (Phi) is 15.5. The molecule has 0 saturated carbocycles. The number of halogens is 1. The quantitative estimate of drug-likeness (QED) is 0.200. The van der Waals surface area contributed by atoms with E-state index in [9.17, 15) is 4.79 Å². The first kappa shape index (κ1) is 23.8. The molecule has 142 valence electrons. The monoisotopic (exact) mass is 412 g/mol. The summed E-state index contributed by atoms with van der Waals surface area (Å²) in [6, 6.07) is 1.98. The molecule has 0 saturated heterocycles. The largest absolute Gasteiger partial charge is 1.00 e. The second kappa shape index (κ2) is 16.2. The van der Waals surface area contributed by atoms with Crippen molar-refractivity contribution in [2.45, 2.75) is 77.7 Å². The third-order valence-corrected chi connectivity index (χ3v) is 4.06. The first-order valence-corrected chi connectivity index (χ1v) is 9.32. The number of unbranched alkanes of at least 4 members (excludes halogenated alkanes) is 9. The molecule has 0 radical (unpaired) electrons. The van der Waals surface area contributed by atoms with Gasteiger partial charge in [-0.1, -0.05) is 56.5 Å². The normalized spacial score (nSPS) is 10.1. The van der Waals surface area contributed by atoms with Crippen LogP contribution in [-0.2, 0) is 16.1 Å². The number of ether oxygens (including phenoxy) is 1. The van der Waals surface area contributed by atoms with Crippen LogP contribution in [0, 0.1) is 0 Å². The first-order chi connectivity index (χ1) is 11.7. The third kappa shape index (κ3) is 13.7. The molecule has 0 aliphatic rings. The predicted molar refractivity (Wildman–Crippen MR) is 96.4 cm³/mol. The van der Waals surface area contributed by atoms with Gasteiger partial charge in [-0.2, -0.15) is 0 Å². The van der Waals surface area contributed by atoms with Gasteiger partial charge < -0.3 is 21.7 Å². The highest BCUT2D eigenvalue weighted by molar-refractivity contribution is 5.86. The maximum atomic E-state index is 11.2. The fraction of sp³-hybridized carbons (Fsp3) is 0.650. The van der Waals surface area contributed by atoms with Crippen LogP contribution in [0.5, 0.6) is 0 Å². The maximum Gasteiger partial charge on any atom is 0.333 e. The molecule has 0 fully saturated rings. The average Bonchev–Trinajstić information content (AvgIpc) is 2.59. The van der Waals surface area contributed by atoms with E-state index < -0.39 is 0 Å². The highest BCUT2D eigenvalue weighted by atomic mass is 79.9. The van der Waals surface area contributed by atoms with E-state index in [2.05, 4.69) is 22.3 Å². The van der Waals surface area contributed by atoms with Gasteiger partial charge in [0.25, 0.3) is 6.33 Å². The maximum absolute atomic E-state index is 11.2. The summed E-state index contributed by atoms with van der Waals surface area (Å²) >= 11 is 0. The van der Waals surface area contributed by atoms with Gasteiger partial charge in [0.1, 0.15) is 6.20 Å². The molecule has 1 rings (SSSR count). The highest BCUT2D eigenvalue weighted by Crippen LogP contribution is 2.10. The lowest BCUT2D eigenvalue weighted by atomic mass is 10.1. The molecule has 0 aromatic carbocycles. The fourth-order valence-corrected chi connectivity index (χ4v) is 2.59. The summed E-state index contributed by atoms with van der Waals surface area (Å²) in [5.41, 5.74) is 0.481. The molecule has 0 spiro atoms. The zero-order chi connectivity index (χ0) is 17.5. The number of carbonyl (C=O) groups excluding carboxylic acids is 1. The van der Waals surface area contributed by atoms with Gasteiger partial charge in [-0.15, -0.1) is 0 Å². The zero-order valence-electron chi connectivity index (χ0n) is 15.6. The Morgan fingerprint density at radius 2 is 1.56 bits per heavy atom. The van der Waals surface area contributed by atoms with Crippen LogP contribution in [0.1, 0.15) is 71.1 Å². The number of hydrogen-bond donors (Lipinski definition) is 0. The molecule has 5 heteroatoms. The van der Waals surface area contributed by atoms with E-state index in [-0.39, 0.29) is 23.0 Å². The van der Waals surface area contributed by atoms with Crippen LogP contribution in [0.25, 0.3) is 0 Å².